The first kappa shape index (κ1) is 12.4. The maximum Gasteiger partial charge on any atom is 0.234 e. The fourth-order valence-electron chi connectivity index (χ4n) is 1.75. The minimum atomic E-state index is -0.595. The van der Waals surface area contributed by atoms with Crippen LogP contribution >= 0.6 is 0 Å². The molecule has 0 bridgehead atoms. The van der Waals surface area contributed by atoms with Gasteiger partial charge in [-0.2, -0.15) is 0 Å². The van der Waals surface area contributed by atoms with Crippen LogP contribution in [0.1, 0.15) is 20.3 Å². The smallest absolute Gasteiger partial charge is 0.234 e. The summed E-state index contributed by atoms with van der Waals surface area (Å²) in [5, 5.41) is 0. The van der Waals surface area contributed by atoms with Gasteiger partial charge < -0.3 is 16.2 Å². The van der Waals surface area contributed by atoms with Crippen LogP contribution in [0.3, 0.4) is 0 Å². The molecule has 0 aromatic rings. The molecule has 1 saturated heterocycles. The highest BCUT2D eigenvalue weighted by Crippen LogP contribution is 2.12. The first-order valence-electron chi connectivity index (χ1n) is 5.41. The Morgan fingerprint density at radius 1 is 1.60 bits per heavy atom. The molecular weight excluding hydrogens is 194 g/mol. The SMILES string of the molecule is CC(C)N1CCOC(CC(N)C(N)=O)C1. The van der Waals surface area contributed by atoms with Crippen LogP contribution in [-0.2, 0) is 9.53 Å². The normalized spacial score (nSPS) is 25.5. The number of carbonyl (C=O) groups is 1. The molecule has 4 N–H and O–H groups in total. The third kappa shape index (κ3) is 3.77. The zero-order valence-electron chi connectivity index (χ0n) is 9.48. The Balaban J connectivity index is 2.39. The molecule has 1 fully saturated rings. The lowest BCUT2D eigenvalue weighted by molar-refractivity contribution is -0.121. The molecule has 1 aliphatic heterocycles. The van der Waals surface area contributed by atoms with Crippen molar-refractivity contribution in [2.75, 3.05) is 19.7 Å². The van der Waals surface area contributed by atoms with E-state index in [-0.39, 0.29) is 6.10 Å². The van der Waals surface area contributed by atoms with Gasteiger partial charge in [0.1, 0.15) is 0 Å². The molecule has 2 unspecified atom stereocenters. The van der Waals surface area contributed by atoms with Gasteiger partial charge >= 0.3 is 0 Å². The Hall–Kier alpha value is -0.650. The van der Waals surface area contributed by atoms with Gasteiger partial charge in [-0.15, -0.1) is 0 Å². The number of morpholine rings is 1. The Kier molecular flexibility index (Phi) is 4.50. The zero-order valence-corrected chi connectivity index (χ0v) is 9.48. The molecule has 0 spiro atoms. The largest absolute Gasteiger partial charge is 0.375 e. The summed E-state index contributed by atoms with van der Waals surface area (Å²) in [4.78, 5) is 13.1. The van der Waals surface area contributed by atoms with Crippen molar-refractivity contribution >= 4 is 5.91 Å². The van der Waals surface area contributed by atoms with E-state index < -0.39 is 11.9 Å². The topological polar surface area (TPSA) is 81.6 Å². The Morgan fingerprint density at radius 3 is 2.80 bits per heavy atom. The van der Waals surface area contributed by atoms with Crippen molar-refractivity contribution in [3.8, 4) is 0 Å². The van der Waals surface area contributed by atoms with E-state index >= 15 is 0 Å². The molecule has 2 atom stereocenters. The number of nitrogens with two attached hydrogens (primary N) is 2. The van der Waals surface area contributed by atoms with E-state index in [9.17, 15) is 4.79 Å². The van der Waals surface area contributed by atoms with E-state index in [1.165, 1.54) is 0 Å². The first-order valence-corrected chi connectivity index (χ1v) is 5.41. The van der Waals surface area contributed by atoms with E-state index in [4.69, 9.17) is 16.2 Å². The monoisotopic (exact) mass is 215 g/mol. The number of carbonyl (C=O) groups excluding carboxylic acids is 1. The second-order valence-corrected chi connectivity index (χ2v) is 4.33. The maximum absolute atomic E-state index is 10.8. The van der Waals surface area contributed by atoms with Crippen LogP contribution in [0.2, 0.25) is 0 Å². The van der Waals surface area contributed by atoms with Crippen LogP contribution in [0.15, 0.2) is 0 Å². The fourth-order valence-corrected chi connectivity index (χ4v) is 1.75. The highest BCUT2D eigenvalue weighted by atomic mass is 16.5. The van der Waals surface area contributed by atoms with Gasteiger partial charge in [0.15, 0.2) is 0 Å². The van der Waals surface area contributed by atoms with E-state index in [1.54, 1.807) is 0 Å². The van der Waals surface area contributed by atoms with Gasteiger partial charge in [0.2, 0.25) is 5.91 Å². The molecule has 15 heavy (non-hydrogen) atoms. The van der Waals surface area contributed by atoms with Gasteiger partial charge in [-0.1, -0.05) is 0 Å². The number of amides is 1. The summed E-state index contributed by atoms with van der Waals surface area (Å²) >= 11 is 0. The number of hydrogen-bond donors (Lipinski definition) is 2. The number of primary amides is 1. The zero-order chi connectivity index (χ0) is 11.4. The Labute approximate surface area is 90.7 Å². The molecular formula is C10H21N3O2. The van der Waals surface area contributed by atoms with Crippen LogP contribution in [0, 0.1) is 0 Å². The molecule has 1 amide bonds. The van der Waals surface area contributed by atoms with Crippen molar-refractivity contribution in [3.63, 3.8) is 0 Å². The summed E-state index contributed by atoms with van der Waals surface area (Å²) in [6.45, 7) is 6.78. The molecule has 5 nitrogen and oxygen atoms in total. The summed E-state index contributed by atoms with van der Waals surface area (Å²) in [5.41, 5.74) is 10.7. The van der Waals surface area contributed by atoms with Gasteiger partial charge in [0, 0.05) is 19.1 Å². The van der Waals surface area contributed by atoms with Gasteiger partial charge in [-0.05, 0) is 20.3 Å². The van der Waals surface area contributed by atoms with Crippen molar-refractivity contribution < 1.29 is 9.53 Å². The minimum Gasteiger partial charge on any atom is -0.375 e. The van der Waals surface area contributed by atoms with Crippen molar-refractivity contribution in [2.24, 2.45) is 11.5 Å². The molecule has 0 aromatic heterocycles. The number of nitrogens with zero attached hydrogens (tertiary/aromatic N) is 1. The third-order valence-electron chi connectivity index (χ3n) is 2.78. The lowest BCUT2D eigenvalue weighted by Gasteiger charge is -2.36. The van der Waals surface area contributed by atoms with E-state index in [0.29, 0.717) is 19.1 Å². The van der Waals surface area contributed by atoms with Crippen LogP contribution in [0.5, 0.6) is 0 Å². The number of hydrogen-bond acceptors (Lipinski definition) is 4. The van der Waals surface area contributed by atoms with Gasteiger partial charge in [-0.25, -0.2) is 0 Å². The van der Waals surface area contributed by atoms with Gasteiger partial charge in [-0.3, -0.25) is 9.69 Å². The Morgan fingerprint density at radius 2 is 2.27 bits per heavy atom. The number of rotatable bonds is 4. The summed E-state index contributed by atoms with van der Waals surface area (Å²) in [5.74, 6) is -0.458. The van der Waals surface area contributed by atoms with Gasteiger partial charge in [0.25, 0.3) is 0 Å². The molecule has 1 rings (SSSR count). The van der Waals surface area contributed by atoms with Crippen LogP contribution in [0.25, 0.3) is 0 Å². The molecule has 0 aliphatic carbocycles. The summed E-state index contributed by atoms with van der Waals surface area (Å²) in [6.07, 6.45) is 0.544. The average molecular weight is 215 g/mol. The minimum absolute atomic E-state index is 0.0312. The maximum atomic E-state index is 10.8. The second-order valence-electron chi connectivity index (χ2n) is 4.33. The Bertz CT molecular complexity index is 221. The third-order valence-corrected chi connectivity index (χ3v) is 2.78. The lowest BCUT2D eigenvalue weighted by atomic mass is 10.1. The number of ether oxygens (including phenoxy) is 1. The van der Waals surface area contributed by atoms with Crippen molar-refractivity contribution in [3.05, 3.63) is 0 Å². The lowest BCUT2D eigenvalue weighted by Crippen LogP contribution is -2.49. The summed E-state index contributed by atoms with van der Waals surface area (Å²) in [7, 11) is 0. The van der Waals surface area contributed by atoms with E-state index in [0.717, 1.165) is 13.1 Å². The van der Waals surface area contributed by atoms with Crippen molar-refractivity contribution in [2.45, 2.75) is 38.5 Å². The van der Waals surface area contributed by atoms with Crippen molar-refractivity contribution in [1.29, 1.82) is 0 Å². The van der Waals surface area contributed by atoms with Crippen LogP contribution in [-0.4, -0.2) is 48.7 Å². The second kappa shape index (κ2) is 5.44. The van der Waals surface area contributed by atoms with Crippen molar-refractivity contribution in [1.82, 2.24) is 4.90 Å². The molecule has 0 aromatic carbocycles. The molecule has 1 aliphatic rings. The quantitative estimate of drug-likeness (QED) is 0.649. The predicted molar refractivity (Wildman–Crippen MR) is 58.2 cm³/mol. The summed E-state index contributed by atoms with van der Waals surface area (Å²) in [6, 6.07) is -0.0942. The molecule has 0 radical (unpaired) electrons. The molecule has 0 saturated carbocycles. The van der Waals surface area contributed by atoms with E-state index in [1.807, 2.05) is 0 Å². The first-order chi connectivity index (χ1) is 7.00. The van der Waals surface area contributed by atoms with Crippen LogP contribution in [0.4, 0.5) is 0 Å². The fraction of sp³-hybridized carbons (Fsp3) is 0.900. The van der Waals surface area contributed by atoms with E-state index in [2.05, 4.69) is 18.7 Å². The highest BCUT2D eigenvalue weighted by Gasteiger charge is 2.25. The molecule has 5 heteroatoms. The standard InChI is InChI=1S/C10H21N3O2/c1-7(2)13-3-4-15-8(6-13)5-9(11)10(12)14/h7-9H,3-6,11H2,1-2H3,(H2,12,14). The molecule has 88 valence electrons. The predicted octanol–water partition coefficient (Wildman–Crippen LogP) is -0.702. The van der Waals surface area contributed by atoms with Crippen LogP contribution < -0.4 is 11.5 Å². The average Bonchev–Trinajstić information content (AvgIpc) is 2.18. The highest BCUT2D eigenvalue weighted by molar-refractivity contribution is 5.79. The molecule has 1 heterocycles. The van der Waals surface area contributed by atoms with Gasteiger partial charge in [0.05, 0.1) is 18.8 Å². The summed E-state index contributed by atoms with van der Waals surface area (Å²) < 4.78 is 5.55.